The second-order valence-corrected chi connectivity index (χ2v) is 6.86. The molecular formula is C10H13BrClNO3S. The first-order chi connectivity index (χ1) is 7.95. The highest BCUT2D eigenvalue weighted by molar-refractivity contribution is 9.09. The maximum absolute atomic E-state index is 11.9. The summed E-state index contributed by atoms with van der Waals surface area (Å²) in [5.41, 5.74) is 0. The van der Waals surface area contributed by atoms with Crippen LogP contribution in [0.25, 0.3) is 0 Å². The van der Waals surface area contributed by atoms with Gasteiger partial charge in [-0.05, 0) is 18.2 Å². The molecule has 0 aliphatic carbocycles. The van der Waals surface area contributed by atoms with Crippen molar-refractivity contribution in [2.75, 3.05) is 20.3 Å². The highest BCUT2D eigenvalue weighted by Crippen LogP contribution is 2.15. The van der Waals surface area contributed by atoms with Crippen molar-refractivity contribution in [2.45, 2.75) is 9.72 Å². The Morgan fingerprint density at radius 2 is 2.24 bits per heavy atom. The van der Waals surface area contributed by atoms with Gasteiger partial charge in [0.1, 0.15) is 0 Å². The molecule has 1 aromatic rings. The lowest BCUT2D eigenvalue weighted by Gasteiger charge is -2.10. The monoisotopic (exact) mass is 341 g/mol. The Labute approximate surface area is 114 Å². The van der Waals surface area contributed by atoms with Crippen LogP contribution in [0, 0.1) is 0 Å². The van der Waals surface area contributed by atoms with Gasteiger partial charge in [-0.15, -0.1) is 0 Å². The largest absolute Gasteiger partial charge is 0.383 e. The molecule has 7 heteroatoms. The zero-order valence-corrected chi connectivity index (χ0v) is 12.3. The summed E-state index contributed by atoms with van der Waals surface area (Å²) in [6, 6.07) is 6.12. The van der Waals surface area contributed by atoms with Crippen molar-refractivity contribution in [3.05, 3.63) is 29.3 Å². The van der Waals surface area contributed by atoms with Crippen molar-refractivity contribution in [3.8, 4) is 0 Å². The molecule has 0 amide bonds. The fourth-order valence-corrected chi connectivity index (χ4v) is 3.18. The zero-order valence-electron chi connectivity index (χ0n) is 9.19. The lowest BCUT2D eigenvalue weighted by molar-refractivity contribution is 0.201. The van der Waals surface area contributed by atoms with Crippen LogP contribution in [0.15, 0.2) is 29.2 Å². The number of sulfonamides is 1. The first-order valence-corrected chi connectivity index (χ1v) is 7.61. The number of ether oxygens (including phenoxy) is 1. The molecule has 0 radical (unpaired) electrons. The van der Waals surface area contributed by atoms with Gasteiger partial charge in [-0.25, -0.2) is 13.1 Å². The van der Waals surface area contributed by atoms with Gasteiger partial charge in [0.05, 0.1) is 16.3 Å². The van der Waals surface area contributed by atoms with Crippen molar-refractivity contribution in [1.82, 2.24) is 4.72 Å². The van der Waals surface area contributed by atoms with Gasteiger partial charge in [0.15, 0.2) is 0 Å². The molecule has 4 nitrogen and oxygen atoms in total. The molecule has 1 atom stereocenters. The van der Waals surface area contributed by atoms with Crippen molar-refractivity contribution in [3.63, 3.8) is 0 Å². The maximum Gasteiger partial charge on any atom is 0.240 e. The number of rotatable bonds is 6. The predicted molar refractivity (Wildman–Crippen MR) is 71.2 cm³/mol. The smallest absolute Gasteiger partial charge is 0.240 e. The van der Waals surface area contributed by atoms with E-state index in [0.29, 0.717) is 11.6 Å². The average Bonchev–Trinajstić information content (AvgIpc) is 2.27. The molecule has 0 saturated carbocycles. The van der Waals surface area contributed by atoms with Gasteiger partial charge in [0, 0.05) is 18.7 Å². The number of hydrogen-bond acceptors (Lipinski definition) is 3. The van der Waals surface area contributed by atoms with E-state index in [-0.39, 0.29) is 16.3 Å². The second-order valence-electron chi connectivity index (χ2n) is 3.36. The molecule has 1 rings (SSSR count). The summed E-state index contributed by atoms with van der Waals surface area (Å²) >= 11 is 9.04. The standard InChI is InChI=1S/C10H13BrClNO3S/c1-16-7-8(11)6-13-17(14,15)10-4-2-3-9(12)5-10/h2-5,8,13H,6-7H2,1H3. The number of alkyl halides is 1. The second kappa shape index (κ2) is 6.70. The summed E-state index contributed by atoms with van der Waals surface area (Å²) in [7, 11) is -1.96. The van der Waals surface area contributed by atoms with Gasteiger partial charge in [-0.2, -0.15) is 0 Å². The molecule has 96 valence electrons. The summed E-state index contributed by atoms with van der Waals surface area (Å²) in [5, 5.41) is 0.389. The Morgan fingerprint density at radius 3 is 2.82 bits per heavy atom. The minimum atomic E-state index is -3.52. The number of benzene rings is 1. The summed E-state index contributed by atoms with van der Waals surface area (Å²) in [6.45, 7) is 0.681. The Morgan fingerprint density at radius 1 is 1.53 bits per heavy atom. The molecule has 0 saturated heterocycles. The van der Waals surface area contributed by atoms with E-state index in [1.807, 2.05) is 0 Å². The fourth-order valence-electron chi connectivity index (χ4n) is 1.16. The molecule has 0 aromatic heterocycles. The number of nitrogens with one attached hydrogen (secondary N) is 1. The Kier molecular flexibility index (Phi) is 5.88. The van der Waals surface area contributed by atoms with Gasteiger partial charge in [0.25, 0.3) is 0 Å². The van der Waals surface area contributed by atoms with E-state index in [9.17, 15) is 8.42 Å². The van der Waals surface area contributed by atoms with Crippen LogP contribution in [0.2, 0.25) is 5.02 Å². The molecular weight excluding hydrogens is 330 g/mol. The molecule has 1 N–H and O–H groups in total. The Balaban J connectivity index is 2.69. The fraction of sp³-hybridized carbons (Fsp3) is 0.400. The van der Waals surface area contributed by atoms with E-state index in [1.54, 1.807) is 19.2 Å². The number of halogens is 2. The van der Waals surface area contributed by atoms with Crippen LogP contribution >= 0.6 is 27.5 Å². The predicted octanol–water partition coefficient (Wildman–Crippen LogP) is 2.03. The van der Waals surface area contributed by atoms with Crippen LogP contribution in [-0.4, -0.2) is 33.5 Å². The quantitative estimate of drug-likeness (QED) is 0.805. The van der Waals surface area contributed by atoms with Crippen LogP contribution in [0.5, 0.6) is 0 Å². The third kappa shape index (κ3) is 4.93. The lowest BCUT2D eigenvalue weighted by Crippen LogP contribution is -2.31. The van der Waals surface area contributed by atoms with Crippen molar-refractivity contribution in [1.29, 1.82) is 0 Å². The van der Waals surface area contributed by atoms with Gasteiger partial charge in [-0.1, -0.05) is 33.6 Å². The summed E-state index contributed by atoms with van der Waals surface area (Å²) in [4.78, 5) is 0.0866. The van der Waals surface area contributed by atoms with E-state index >= 15 is 0 Å². The van der Waals surface area contributed by atoms with Crippen molar-refractivity contribution in [2.24, 2.45) is 0 Å². The minimum absolute atomic E-state index is 0.0681. The molecule has 0 fully saturated rings. The first kappa shape index (κ1) is 14.9. The third-order valence-electron chi connectivity index (χ3n) is 1.95. The van der Waals surface area contributed by atoms with E-state index in [4.69, 9.17) is 16.3 Å². The van der Waals surface area contributed by atoms with Crippen LogP contribution in [0.3, 0.4) is 0 Å². The van der Waals surface area contributed by atoms with Crippen LogP contribution in [-0.2, 0) is 14.8 Å². The SMILES string of the molecule is COCC(Br)CNS(=O)(=O)c1cccc(Cl)c1. The van der Waals surface area contributed by atoms with Crippen LogP contribution in [0.4, 0.5) is 0 Å². The normalized spacial score (nSPS) is 13.6. The van der Waals surface area contributed by atoms with Gasteiger partial charge >= 0.3 is 0 Å². The number of methoxy groups -OCH3 is 1. The molecule has 0 bridgehead atoms. The van der Waals surface area contributed by atoms with Crippen molar-refractivity contribution >= 4 is 37.6 Å². The third-order valence-corrected chi connectivity index (χ3v) is 4.19. The molecule has 0 aliphatic rings. The van der Waals surface area contributed by atoms with E-state index in [1.165, 1.54) is 12.1 Å². The van der Waals surface area contributed by atoms with Crippen molar-refractivity contribution < 1.29 is 13.2 Å². The molecule has 17 heavy (non-hydrogen) atoms. The van der Waals surface area contributed by atoms with E-state index < -0.39 is 10.0 Å². The van der Waals surface area contributed by atoms with Crippen LogP contribution < -0.4 is 4.72 Å². The molecule has 1 unspecified atom stereocenters. The lowest BCUT2D eigenvalue weighted by atomic mass is 10.4. The summed E-state index contributed by atoms with van der Waals surface area (Å²) in [6.07, 6.45) is 0. The van der Waals surface area contributed by atoms with E-state index in [0.717, 1.165) is 0 Å². The first-order valence-electron chi connectivity index (χ1n) is 4.84. The summed E-state index contributed by atoms with van der Waals surface area (Å²) < 4.78 is 31.1. The van der Waals surface area contributed by atoms with Gasteiger partial charge in [-0.3, -0.25) is 0 Å². The van der Waals surface area contributed by atoms with Gasteiger partial charge < -0.3 is 4.74 Å². The molecule has 0 aliphatic heterocycles. The Bertz CT molecular complexity index is 466. The van der Waals surface area contributed by atoms with E-state index in [2.05, 4.69) is 20.7 Å². The highest BCUT2D eigenvalue weighted by Gasteiger charge is 2.15. The molecule has 0 heterocycles. The Hall–Kier alpha value is -0.140. The summed E-state index contributed by atoms with van der Waals surface area (Å²) in [5.74, 6) is 0. The maximum atomic E-state index is 11.9. The minimum Gasteiger partial charge on any atom is -0.383 e. The highest BCUT2D eigenvalue weighted by atomic mass is 79.9. The zero-order chi connectivity index (χ0) is 12.9. The van der Waals surface area contributed by atoms with Crippen LogP contribution in [0.1, 0.15) is 0 Å². The van der Waals surface area contributed by atoms with Gasteiger partial charge in [0.2, 0.25) is 10.0 Å². The molecule has 1 aromatic carbocycles. The number of hydrogen-bond donors (Lipinski definition) is 1. The topological polar surface area (TPSA) is 55.4 Å². The molecule has 0 spiro atoms. The average molecular weight is 343 g/mol.